The van der Waals surface area contributed by atoms with Crippen LogP contribution in [0.4, 0.5) is 0 Å². The number of aliphatic hydroxyl groups is 1. The zero-order valence-corrected chi connectivity index (χ0v) is 23.7. The predicted molar refractivity (Wildman–Crippen MR) is 144 cm³/mol. The molecule has 1 aliphatic heterocycles. The van der Waals surface area contributed by atoms with E-state index in [4.69, 9.17) is 4.99 Å². The van der Waals surface area contributed by atoms with Crippen LogP contribution in [0.2, 0.25) is 0 Å². The van der Waals surface area contributed by atoms with Crippen molar-refractivity contribution in [3.8, 4) is 0 Å². The number of rotatable bonds is 20. The minimum atomic E-state index is 0. The molecule has 0 spiro atoms. The van der Waals surface area contributed by atoms with Gasteiger partial charge in [0.15, 0.2) is 5.84 Å². The molecule has 1 N–H and O–H groups in total. The Kier molecular flexibility index (Phi) is 18.0. The third-order valence-electron chi connectivity index (χ3n) is 7.10. The van der Waals surface area contributed by atoms with E-state index in [1.54, 1.807) is 0 Å². The fraction of sp³-hybridized carbons (Fsp3) is 0.667. The first-order chi connectivity index (χ1) is 16.7. The number of carbonyl (C=O) groups excluding carboxylic acids is 1. The van der Waals surface area contributed by atoms with E-state index < -0.39 is 0 Å². The van der Waals surface area contributed by atoms with Crippen LogP contribution in [0.5, 0.6) is 0 Å². The summed E-state index contributed by atoms with van der Waals surface area (Å²) < 4.78 is 0.549. The quantitative estimate of drug-likeness (QED) is 0.115. The van der Waals surface area contributed by atoms with Gasteiger partial charge in [0.05, 0.1) is 13.2 Å². The van der Waals surface area contributed by atoms with Gasteiger partial charge in [-0.2, -0.15) is 0 Å². The van der Waals surface area contributed by atoms with Crippen LogP contribution in [-0.2, 0) is 0 Å². The van der Waals surface area contributed by atoms with Gasteiger partial charge in [-0.15, -0.1) is 0 Å². The van der Waals surface area contributed by atoms with E-state index in [0.717, 1.165) is 37.3 Å². The molecule has 2 rings (SSSR count). The van der Waals surface area contributed by atoms with Crippen molar-refractivity contribution in [2.24, 2.45) is 4.99 Å². The van der Waals surface area contributed by atoms with E-state index in [1.807, 2.05) is 30.3 Å². The molecule has 1 unspecified atom stereocenters. The van der Waals surface area contributed by atoms with Gasteiger partial charge in [0, 0.05) is 12.0 Å². The van der Waals surface area contributed by atoms with Crippen LogP contribution in [-0.4, -0.2) is 54.0 Å². The average molecular weight is 550 g/mol. The maximum absolute atomic E-state index is 12.9. The lowest BCUT2D eigenvalue weighted by atomic mass is 10.1. The van der Waals surface area contributed by atoms with Gasteiger partial charge < -0.3 is 22.1 Å². The smallest absolute Gasteiger partial charge is 0.217 e. The summed E-state index contributed by atoms with van der Waals surface area (Å²) >= 11 is 0. The molecule has 0 saturated heterocycles. The zero-order chi connectivity index (χ0) is 24.3. The average Bonchev–Trinajstić information content (AvgIpc) is 3.24. The third kappa shape index (κ3) is 12.5. The number of hydrogen-bond donors (Lipinski definition) is 1. The van der Waals surface area contributed by atoms with Gasteiger partial charge in [0.2, 0.25) is 5.78 Å². The summed E-state index contributed by atoms with van der Waals surface area (Å²) in [6.45, 7) is 4.96. The summed E-state index contributed by atoms with van der Waals surface area (Å²) in [6.07, 6.45) is 22.6. The van der Waals surface area contributed by atoms with Crippen molar-refractivity contribution in [2.45, 2.75) is 96.8 Å². The Morgan fingerprint density at radius 2 is 1.51 bits per heavy atom. The van der Waals surface area contributed by atoms with Crippen LogP contribution < -0.4 is 17.0 Å². The summed E-state index contributed by atoms with van der Waals surface area (Å²) in [4.78, 5) is 17.7. The van der Waals surface area contributed by atoms with E-state index in [-0.39, 0.29) is 29.4 Å². The molecule has 0 fully saturated rings. The van der Waals surface area contributed by atoms with E-state index in [1.165, 1.54) is 77.0 Å². The molecule has 0 bridgehead atoms. The van der Waals surface area contributed by atoms with Gasteiger partial charge in [-0.3, -0.25) is 9.28 Å². The number of aliphatic imine (C=N–C) groups is 1. The van der Waals surface area contributed by atoms with Crippen LogP contribution in [0.15, 0.2) is 47.5 Å². The van der Waals surface area contributed by atoms with Gasteiger partial charge in [0.25, 0.3) is 0 Å². The molecule has 1 aliphatic rings. The fourth-order valence-corrected chi connectivity index (χ4v) is 4.99. The first kappa shape index (κ1) is 31.7. The monoisotopic (exact) mass is 548 g/mol. The van der Waals surface area contributed by atoms with Crippen molar-refractivity contribution in [1.29, 1.82) is 0 Å². The van der Waals surface area contributed by atoms with E-state index in [2.05, 4.69) is 19.1 Å². The number of amidine groups is 1. The molecule has 0 saturated carbocycles. The van der Waals surface area contributed by atoms with Gasteiger partial charge >= 0.3 is 0 Å². The Hall–Kier alpha value is -1.30. The highest BCUT2D eigenvalue weighted by atomic mass is 79.9. The lowest BCUT2D eigenvalue weighted by molar-refractivity contribution is -0.828. The summed E-state index contributed by atoms with van der Waals surface area (Å²) in [5, 5.41) is 9.71. The molecule has 0 aromatic heterocycles. The molecule has 1 heterocycles. The minimum Gasteiger partial charge on any atom is -1.00 e. The highest BCUT2D eigenvalue weighted by Gasteiger charge is 2.39. The first-order valence-electron chi connectivity index (χ1n) is 14.0. The first-order valence-corrected chi connectivity index (χ1v) is 14.0. The molecule has 4 nitrogen and oxygen atoms in total. The number of benzene rings is 1. The second-order valence-electron chi connectivity index (χ2n) is 9.90. The molecule has 198 valence electrons. The van der Waals surface area contributed by atoms with Crippen molar-refractivity contribution in [3.05, 3.63) is 48.0 Å². The van der Waals surface area contributed by atoms with Crippen molar-refractivity contribution in [3.63, 3.8) is 0 Å². The maximum Gasteiger partial charge on any atom is 0.217 e. The Bertz CT molecular complexity index is 735. The van der Waals surface area contributed by atoms with Gasteiger partial charge in [-0.05, 0) is 32.1 Å². The second kappa shape index (κ2) is 19.8. The lowest BCUT2D eigenvalue weighted by Gasteiger charge is -2.33. The largest absolute Gasteiger partial charge is 1.00 e. The molecule has 0 aliphatic carbocycles. The SMILES string of the molecule is CCCCCCCC/C=C/CCCCCCCC1=NCC[N+]1(CCO)CC(=O)c1ccccc1.[Br-]. The number of Topliss-reactive ketones (excluding diaryl/α,β-unsaturated/α-hetero) is 1. The predicted octanol–water partition coefficient (Wildman–Crippen LogP) is 4.13. The van der Waals surface area contributed by atoms with Gasteiger partial charge in [-0.25, -0.2) is 4.99 Å². The van der Waals surface area contributed by atoms with Crippen LogP contribution >= 0.6 is 0 Å². The number of carbonyl (C=O) groups is 1. The number of halogens is 1. The van der Waals surface area contributed by atoms with E-state index >= 15 is 0 Å². The van der Waals surface area contributed by atoms with E-state index in [0.29, 0.717) is 17.6 Å². The van der Waals surface area contributed by atoms with Crippen LogP contribution in [0.1, 0.15) is 107 Å². The standard InChI is InChI=1S/C30H49N2O2.BrH/c1-2-3-4-5-6-7-8-9-10-11-12-13-14-15-19-22-30-31-23-24-32(30,25-26-33)27-29(34)28-20-17-16-18-21-28;/h9-10,16-18,20-21,33H,2-8,11-15,19,22-27H2,1H3;1H/q+1;/p-1/b10-9+;. The van der Waals surface area contributed by atoms with Crippen molar-refractivity contribution < 1.29 is 31.4 Å². The Morgan fingerprint density at radius 1 is 0.914 bits per heavy atom. The molecule has 35 heavy (non-hydrogen) atoms. The normalized spacial score (nSPS) is 17.5. The summed E-state index contributed by atoms with van der Waals surface area (Å²) in [6, 6.07) is 9.52. The lowest BCUT2D eigenvalue weighted by Crippen LogP contribution is -3.00. The van der Waals surface area contributed by atoms with Crippen molar-refractivity contribution >= 4 is 11.6 Å². The number of unbranched alkanes of at least 4 members (excludes halogenated alkanes) is 11. The number of allylic oxidation sites excluding steroid dienone is 2. The number of ketones is 1. The molecular weight excluding hydrogens is 500 g/mol. The zero-order valence-electron chi connectivity index (χ0n) is 22.1. The summed E-state index contributed by atoms with van der Waals surface area (Å²) in [7, 11) is 0. The maximum atomic E-state index is 12.9. The Balaban J connectivity index is 0.00000612. The Labute approximate surface area is 225 Å². The highest BCUT2D eigenvalue weighted by molar-refractivity contribution is 5.98. The van der Waals surface area contributed by atoms with Crippen LogP contribution in [0, 0.1) is 0 Å². The van der Waals surface area contributed by atoms with E-state index in [9.17, 15) is 9.90 Å². The topological polar surface area (TPSA) is 49.7 Å². The molecule has 1 aromatic carbocycles. The molecule has 5 heteroatoms. The molecule has 1 aromatic rings. The Morgan fingerprint density at radius 3 is 2.14 bits per heavy atom. The molecule has 0 amide bonds. The van der Waals surface area contributed by atoms with Gasteiger partial charge in [-0.1, -0.05) is 101 Å². The molecular formula is C30H49BrN2O2. The van der Waals surface area contributed by atoms with Crippen molar-refractivity contribution in [1.82, 2.24) is 0 Å². The molecule has 0 radical (unpaired) electrons. The number of aliphatic hydroxyl groups excluding tert-OH is 1. The summed E-state index contributed by atoms with van der Waals surface area (Å²) in [5.74, 6) is 1.27. The number of hydrogen-bond acceptors (Lipinski definition) is 3. The summed E-state index contributed by atoms with van der Waals surface area (Å²) in [5.41, 5.74) is 0.755. The highest BCUT2D eigenvalue weighted by Crippen LogP contribution is 2.21. The number of quaternary nitrogens is 1. The molecule has 1 atom stereocenters. The number of nitrogens with zero attached hydrogens (tertiary/aromatic N) is 2. The van der Waals surface area contributed by atoms with Crippen LogP contribution in [0.25, 0.3) is 0 Å². The van der Waals surface area contributed by atoms with Gasteiger partial charge in [0.1, 0.15) is 19.6 Å². The fourth-order valence-electron chi connectivity index (χ4n) is 4.99. The second-order valence-corrected chi connectivity index (χ2v) is 9.90. The van der Waals surface area contributed by atoms with Crippen LogP contribution in [0.3, 0.4) is 0 Å². The van der Waals surface area contributed by atoms with Crippen molar-refractivity contribution in [2.75, 3.05) is 32.8 Å². The minimum absolute atomic E-state index is 0. The third-order valence-corrected chi connectivity index (χ3v) is 7.10.